The molecule has 0 saturated carbocycles. The van der Waals surface area contributed by atoms with Gasteiger partial charge < -0.3 is 20.3 Å². The molecule has 2 N–H and O–H groups in total. The van der Waals surface area contributed by atoms with Crippen LogP contribution in [-0.4, -0.2) is 41.6 Å². The summed E-state index contributed by atoms with van der Waals surface area (Å²) < 4.78 is 5.12. The summed E-state index contributed by atoms with van der Waals surface area (Å²) in [4.78, 5) is 33.9. The number of aromatic nitrogens is 2. The molecule has 1 unspecified atom stereocenters. The van der Waals surface area contributed by atoms with Crippen molar-refractivity contribution < 1.29 is 14.3 Å². The number of amides is 3. The summed E-state index contributed by atoms with van der Waals surface area (Å²) in [5, 5.41) is 5.53. The number of nitrogens with one attached hydrogen (secondary N) is 2. The maximum Gasteiger partial charge on any atom is 0.315 e. The zero-order chi connectivity index (χ0) is 17.6. The van der Waals surface area contributed by atoms with Gasteiger partial charge in [-0.1, -0.05) is 0 Å². The molecule has 1 aromatic carbocycles. The van der Waals surface area contributed by atoms with Gasteiger partial charge in [-0.15, -0.1) is 0 Å². The Balaban J connectivity index is 1.52. The number of hydrogen-bond acceptors (Lipinski definition) is 5. The number of carbonyl (C=O) groups is 2. The van der Waals surface area contributed by atoms with Crippen LogP contribution in [0, 0.1) is 0 Å². The van der Waals surface area contributed by atoms with Gasteiger partial charge >= 0.3 is 6.03 Å². The number of urea groups is 1. The van der Waals surface area contributed by atoms with E-state index in [1.54, 1.807) is 42.7 Å². The standard InChI is InChI=1S/C17H19N5O3/c1-25-15-4-2-14(3-5-15)22-11-12(8-16(22)23)21-17(24)20-10-13-9-18-6-7-19-13/h2-7,9,12H,8,10-11H2,1H3,(H2,20,21,24). The van der Waals surface area contributed by atoms with Crippen LogP contribution in [0.1, 0.15) is 12.1 Å². The molecule has 2 heterocycles. The zero-order valence-corrected chi connectivity index (χ0v) is 13.8. The summed E-state index contributed by atoms with van der Waals surface area (Å²) >= 11 is 0. The molecule has 8 heteroatoms. The largest absolute Gasteiger partial charge is 0.497 e. The van der Waals surface area contributed by atoms with E-state index in [2.05, 4.69) is 20.6 Å². The van der Waals surface area contributed by atoms with E-state index in [-0.39, 0.29) is 30.9 Å². The maximum absolute atomic E-state index is 12.2. The highest BCUT2D eigenvalue weighted by Crippen LogP contribution is 2.24. The van der Waals surface area contributed by atoms with Crippen LogP contribution < -0.4 is 20.3 Å². The summed E-state index contributed by atoms with van der Waals surface area (Å²) in [5.74, 6) is 0.706. The van der Waals surface area contributed by atoms with Crippen LogP contribution in [0.25, 0.3) is 0 Å². The van der Waals surface area contributed by atoms with Crippen molar-refractivity contribution in [2.24, 2.45) is 0 Å². The van der Waals surface area contributed by atoms with Gasteiger partial charge in [0.1, 0.15) is 5.75 Å². The predicted molar refractivity (Wildman–Crippen MR) is 91.2 cm³/mol. The molecule has 3 rings (SSSR count). The number of methoxy groups -OCH3 is 1. The van der Waals surface area contributed by atoms with Gasteiger partial charge in [-0.05, 0) is 24.3 Å². The van der Waals surface area contributed by atoms with Crippen LogP contribution in [0.4, 0.5) is 10.5 Å². The van der Waals surface area contributed by atoms with Gasteiger partial charge in [-0.3, -0.25) is 14.8 Å². The summed E-state index contributed by atoms with van der Waals surface area (Å²) in [7, 11) is 1.59. The Bertz CT molecular complexity index is 736. The second-order valence-corrected chi connectivity index (χ2v) is 5.63. The third-order valence-corrected chi connectivity index (χ3v) is 3.89. The zero-order valence-electron chi connectivity index (χ0n) is 13.8. The van der Waals surface area contributed by atoms with Crippen molar-refractivity contribution in [1.82, 2.24) is 20.6 Å². The van der Waals surface area contributed by atoms with Crippen molar-refractivity contribution >= 4 is 17.6 Å². The third-order valence-electron chi connectivity index (χ3n) is 3.89. The Labute approximate surface area is 145 Å². The summed E-state index contributed by atoms with van der Waals surface area (Å²) in [5.41, 5.74) is 1.45. The third kappa shape index (κ3) is 4.23. The second-order valence-electron chi connectivity index (χ2n) is 5.63. The Morgan fingerprint density at radius 1 is 1.32 bits per heavy atom. The molecular weight excluding hydrogens is 322 g/mol. The van der Waals surface area contributed by atoms with Crippen molar-refractivity contribution in [3.63, 3.8) is 0 Å². The lowest BCUT2D eigenvalue weighted by Crippen LogP contribution is -2.43. The fourth-order valence-electron chi connectivity index (χ4n) is 2.64. The lowest BCUT2D eigenvalue weighted by atomic mass is 10.2. The van der Waals surface area contributed by atoms with Crippen LogP contribution in [0.5, 0.6) is 5.75 Å². The SMILES string of the molecule is COc1ccc(N2CC(NC(=O)NCc3cnccn3)CC2=O)cc1. The van der Waals surface area contributed by atoms with Gasteiger partial charge in [-0.25, -0.2) is 4.79 Å². The molecule has 25 heavy (non-hydrogen) atoms. The Morgan fingerprint density at radius 3 is 2.80 bits per heavy atom. The molecule has 1 aliphatic heterocycles. The molecule has 130 valence electrons. The molecule has 0 spiro atoms. The highest BCUT2D eigenvalue weighted by atomic mass is 16.5. The Hall–Kier alpha value is -3.16. The highest BCUT2D eigenvalue weighted by molar-refractivity contribution is 5.96. The number of benzene rings is 1. The minimum atomic E-state index is -0.333. The van der Waals surface area contributed by atoms with Gasteiger partial charge in [0.15, 0.2) is 0 Å². The minimum absolute atomic E-state index is 0.0237. The number of hydrogen-bond donors (Lipinski definition) is 2. The van der Waals surface area contributed by atoms with Gasteiger partial charge in [-0.2, -0.15) is 0 Å². The molecule has 8 nitrogen and oxygen atoms in total. The fourth-order valence-corrected chi connectivity index (χ4v) is 2.64. The molecule has 1 aromatic heterocycles. The molecule has 0 aliphatic carbocycles. The van der Waals surface area contributed by atoms with E-state index in [1.165, 1.54) is 0 Å². The van der Waals surface area contributed by atoms with Crippen molar-refractivity contribution in [2.75, 3.05) is 18.6 Å². The molecule has 1 saturated heterocycles. The van der Waals surface area contributed by atoms with Gasteiger partial charge in [0.2, 0.25) is 5.91 Å². The average molecular weight is 341 g/mol. The van der Waals surface area contributed by atoms with Crippen molar-refractivity contribution in [2.45, 2.75) is 19.0 Å². The Morgan fingerprint density at radius 2 is 2.12 bits per heavy atom. The lowest BCUT2D eigenvalue weighted by molar-refractivity contribution is -0.117. The molecule has 3 amide bonds. The van der Waals surface area contributed by atoms with E-state index >= 15 is 0 Å². The first-order valence-corrected chi connectivity index (χ1v) is 7.89. The van der Waals surface area contributed by atoms with Gasteiger partial charge in [0, 0.05) is 31.0 Å². The molecular formula is C17H19N5O3. The van der Waals surface area contributed by atoms with E-state index in [0.717, 1.165) is 11.4 Å². The van der Waals surface area contributed by atoms with E-state index in [1.807, 2.05) is 12.1 Å². The van der Waals surface area contributed by atoms with E-state index in [9.17, 15) is 9.59 Å². The number of nitrogens with zero attached hydrogens (tertiary/aromatic N) is 3. The minimum Gasteiger partial charge on any atom is -0.497 e. The molecule has 0 radical (unpaired) electrons. The average Bonchev–Trinajstić information content (AvgIpc) is 3.01. The Kier molecular flexibility index (Phi) is 5.08. The van der Waals surface area contributed by atoms with Crippen LogP contribution in [0.3, 0.4) is 0 Å². The molecule has 0 bridgehead atoms. The van der Waals surface area contributed by atoms with Crippen molar-refractivity contribution in [3.8, 4) is 5.75 Å². The number of anilines is 1. The molecule has 2 aromatic rings. The molecule has 1 atom stereocenters. The predicted octanol–water partition coefficient (Wildman–Crippen LogP) is 1.09. The summed E-state index contributed by atoms with van der Waals surface area (Å²) in [6.45, 7) is 0.715. The van der Waals surface area contributed by atoms with Crippen LogP contribution in [0.2, 0.25) is 0 Å². The monoisotopic (exact) mass is 341 g/mol. The quantitative estimate of drug-likeness (QED) is 0.849. The summed E-state index contributed by atoms with van der Waals surface area (Å²) in [6.07, 6.45) is 4.99. The van der Waals surface area contributed by atoms with Crippen LogP contribution >= 0.6 is 0 Å². The fraction of sp³-hybridized carbons (Fsp3) is 0.294. The first-order valence-electron chi connectivity index (χ1n) is 7.89. The first kappa shape index (κ1) is 16.7. The second kappa shape index (κ2) is 7.61. The first-order chi connectivity index (χ1) is 12.2. The topological polar surface area (TPSA) is 96.5 Å². The number of ether oxygens (including phenoxy) is 1. The highest BCUT2D eigenvalue weighted by Gasteiger charge is 2.31. The van der Waals surface area contributed by atoms with E-state index in [0.29, 0.717) is 12.2 Å². The maximum atomic E-state index is 12.2. The van der Waals surface area contributed by atoms with Crippen molar-refractivity contribution in [1.29, 1.82) is 0 Å². The lowest BCUT2D eigenvalue weighted by Gasteiger charge is -2.17. The number of carbonyl (C=O) groups excluding carboxylic acids is 2. The number of rotatable bonds is 5. The van der Waals surface area contributed by atoms with Crippen LogP contribution in [-0.2, 0) is 11.3 Å². The normalized spacial score (nSPS) is 16.6. The van der Waals surface area contributed by atoms with Crippen molar-refractivity contribution in [3.05, 3.63) is 48.5 Å². The summed E-state index contributed by atoms with van der Waals surface area (Å²) in [6, 6.07) is 6.69. The van der Waals surface area contributed by atoms with Gasteiger partial charge in [0.25, 0.3) is 0 Å². The van der Waals surface area contributed by atoms with Crippen LogP contribution in [0.15, 0.2) is 42.9 Å². The van der Waals surface area contributed by atoms with Gasteiger partial charge in [0.05, 0.1) is 31.6 Å². The van der Waals surface area contributed by atoms with E-state index < -0.39 is 0 Å². The smallest absolute Gasteiger partial charge is 0.315 e. The molecule has 1 aliphatic rings. The van der Waals surface area contributed by atoms with E-state index in [4.69, 9.17) is 4.74 Å². The molecule has 1 fully saturated rings.